The van der Waals surface area contributed by atoms with Gasteiger partial charge in [-0.15, -0.1) is 0 Å². The van der Waals surface area contributed by atoms with Crippen LogP contribution < -0.4 is 5.32 Å². The molecule has 1 rings (SSSR count). The number of carboxylic acid groups (broad SMARTS) is 1. The Morgan fingerprint density at radius 1 is 1.28 bits per heavy atom. The van der Waals surface area contributed by atoms with Gasteiger partial charge in [-0.1, -0.05) is 33.1 Å². The molecule has 1 atom stereocenters. The molecule has 0 aromatic rings. The number of amides is 1. The molecule has 0 bridgehead atoms. The number of nitrogens with one attached hydrogen (secondary N) is 1. The summed E-state index contributed by atoms with van der Waals surface area (Å²) in [7, 11) is 0. The van der Waals surface area contributed by atoms with E-state index >= 15 is 0 Å². The largest absolute Gasteiger partial charge is 0.481 e. The number of carbonyl (C=O) groups excluding carboxylic acids is 1. The number of hydrogen-bond acceptors (Lipinski definition) is 2. The van der Waals surface area contributed by atoms with E-state index in [4.69, 9.17) is 5.11 Å². The number of carbonyl (C=O) groups is 2. The average molecular weight is 255 g/mol. The summed E-state index contributed by atoms with van der Waals surface area (Å²) in [5.41, 5.74) is -0.652. The van der Waals surface area contributed by atoms with Crippen LogP contribution in [0, 0.1) is 11.8 Å². The van der Waals surface area contributed by atoms with Gasteiger partial charge < -0.3 is 10.4 Å². The number of rotatable bonds is 5. The van der Waals surface area contributed by atoms with Crippen molar-refractivity contribution in [3.63, 3.8) is 0 Å². The molecule has 0 spiro atoms. The molecule has 1 unspecified atom stereocenters. The molecular formula is C14H25NO3. The lowest BCUT2D eigenvalue weighted by molar-refractivity contribution is -0.140. The number of carboxylic acids is 1. The molecule has 0 aromatic carbocycles. The maximum absolute atomic E-state index is 12.2. The molecule has 1 saturated carbocycles. The molecule has 104 valence electrons. The molecule has 18 heavy (non-hydrogen) atoms. The zero-order valence-corrected chi connectivity index (χ0v) is 11.7. The second-order valence-electron chi connectivity index (χ2n) is 5.97. The Balaban J connectivity index is 2.64. The van der Waals surface area contributed by atoms with E-state index in [1.807, 2.05) is 20.8 Å². The van der Waals surface area contributed by atoms with E-state index in [1.54, 1.807) is 0 Å². The monoisotopic (exact) mass is 255 g/mol. The predicted octanol–water partition coefficient (Wildman–Crippen LogP) is 2.57. The van der Waals surface area contributed by atoms with Crippen molar-refractivity contribution in [1.82, 2.24) is 5.32 Å². The lowest BCUT2D eigenvalue weighted by Gasteiger charge is -2.35. The molecule has 0 aromatic heterocycles. The molecule has 4 heteroatoms. The molecule has 1 fully saturated rings. The minimum atomic E-state index is -0.866. The fraction of sp³-hybridized carbons (Fsp3) is 0.857. The Bertz CT molecular complexity index is 308. The van der Waals surface area contributed by atoms with Gasteiger partial charge in [0.15, 0.2) is 0 Å². The van der Waals surface area contributed by atoms with Crippen molar-refractivity contribution in [2.45, 2.75) is 64.8 Å². The van der Waals surface area contributed by atoms with Gasteiger partial charge in [0.05, 0.1) is 6.42 Å². The molecule has 0 aliphatic heterocycles. The Hall–Kier alpha value is -1.06. The van der Waals surface area contributed by atoms with Crippen LogP contribution in [0.5, 0.6) is 0 Å². The Morgan fingerprint density at radius 2 is 1.83 bits per heavy atom. The van der Waals surface area contributed by atoms with Crippen molar-refractivity contribution in [1.29, 1.82) is 0 Å². The zero-order valence-electron chi connectivity index (χ0n) is 11.7. The van der Waals surface area contributed by atoms with E-state index in [0.29, 0.717) is 0 Å². The molecule has 2 N–H and O–H groups in total. The van der Waals surface area contributed by atoms with Crippen molar-refractivity contribution in [3.05, 3.63) is 0 Å². The van der Waals surface area contributed by atoms with E-state index in [2.05, 4.69) is 5.32 Å². The van der Waals surface area contributed by atoms with Crippen LogP contribution >= 0.6 is 0 Å². The van der Waals surface area contributed by atoms with Crippen LogP contribution in [0.1, 0.15) is 59.3 Å². The van der Waals surface area contributed by atoms with E-state index in [9.17, 15) is 9.59 Å². The highest BCUT2D eigenvalue weighted by molar-refractivity contribution is 5.80. The van der Waals surface area contributed by atoms with Gasteiger partial charge >= 0.3 is 5.97 Å². The first-order valence-corrected chi connectivity index (χ1v) is 6.89. The third-order valence-corrected chi connectivity index (χ3v) is 4.18. The average Bonchev–Trinajstić information content (AvgIpc) is 2.28. The van der Waals surface area contributed by atoms with Crippen molar-refractivity contribution in [2.24, 2.45) is 11.8 Å². The SMILES string of the molecule is CC(C)C(C)(CC(=O)O)NC(=O)C1CCCCC1. The summed E-state index contributed by atoms with van der Waals surface area (Å²) in [6, 6.07) is 0. The normalized spacial score (nSPS) is 20.4. The van der Waals surface area contributed by atoms with Gasteiger partial charge in [0, 0.05) is 11.5 Å². The summed E-state index contributed by atoms with van der Waals surface area (Å²) in [5, 5.41) is 11.9. The third-order valence-electron chi connectivity index (χ3n) is 4.18. The molecule has 0 heterocycles. The van der Waals surface area contributed by atoms with Gasteiger partial charge in [-0.3, -0.25) is 9.59 Å². The summed E-state index contributed by atoms with van der Waals surface area (Å²) in [6.07, 6.45) is 5.27. The first-order valence-electron chi connectivity index (χ1n) is 6.89. The summed E-state index contributed by atoms with van der Waals surface area (Å²) >= 11 is 0. The molecular weight excluding hydrogens is 230 g/mol. The minimum Gasteiger partial charge on any atom is -0.481 e. The smallest absolute Gasteiger partial charge is 0.305 e. The summed E-state index contributed by atoms with van der Waals surface area (Å²) in [4.78, 5) is 23.1. The second-order valence-corrected chi connectivity index (χ2v) is 5.97. The lowest BCUT2D eigenvalue weighted by Crippen LogP contribution is -2.53. The van der Waals surface area contributed by atoms with Gasteiger partial charge in [-0.25, -0.2) is 0 Å². The summed E-state index contributed by atoms with van der Waals surface area (Å²) in [5.74, 6) is -0.658. The Kier molecular flexibility index (Phi) is 5.17. The summed E-state index contributed by atoms with van der Waals surface area (Å²) < 4.78 is 0. The number of hydrogen-bond donors (Lipinski definition) is 2. The minimum absolute atomic E-state index is 0.0247. The maximum Gasteiger partial charge on any atom is 0.305 e. The van der Waals surface area contributed by atoms with Crippen LogP contribution in [0.2, 0.25) is 0 Å². The van der Waals surface area contributed by atoms with Gasteiger partial charge in [-0.2, -0.15) is 0 Å². The Morgan fingerprint density at radius 3 is 2.28 bits per heavy atom. The fourth-order valence-corrected chi connectivity index (χ4v) is 2.46. The van der Waals surface area contributed by atoms with Crippen LogP contribution in [-0.2, 0) is 9.59 Å². The molecule has 1 aliphatic carbocycles. The van der Waals surface area contributed by atoms with Crippen LogP contribution in [0.4, 0.5) is 0 Å². The molecule has 4 nitrogen and oxygen atoms in total. The number of aliphatic carboxylic acids is 1. The second kappa shape index (κ2) is 6.21. The topological polar surface area (TPSA) is 66.4 Å². The Labute approximate surface area is 109 Å². The van der Waals surface area contributed by atoms with E-state index < -0.39 is 11.5 Å². The van der Waals surface area contributed by atoms with E-state index in [1.165, 1.54) is 6.42 Å². The van der Waals surface area contributed by atoms with Gasteiger partial charge in [0.25, 0.3) is 0 Å². The van der Waals surface area contributed by atoms with Crippen molar-refractivity contribution >= 4 is 11.9 Å². The highest BCUT2D eigenvalue weighted by atomic mass is 16.4. The quantitative estimate of drug-likeness (QED) is 0.793. The fourth-order valence-electron chi connectivity index (χ4n) is 2.46. The van der Waals surface area contributed by atoms with Crippen LogP contribution in [0.3, 0.4) is 0 Å². The van der Waals surface area contributed by atoms with Crippen LogP contribution in [-0.4, -0.2) is 22.5 Å². The predicted molar refractivity (Wildman–Crippen MR) is 70.2 cm³/mol. The van der Waals surface area contributed by atoms with Gasteiger partial charge in [0.2, 0.25) is 5.91 Å². The third kappa shape index (κ3) is 4.00. The van der Waals surface area contributed by atoms with Gasteiger partial charge in [-0.05, 0) is 25.7 Å². The van der Waals surface area contributed by atoms with Crippen molar-refractivity contribution < 1.29 is 14.7 Å². The summed E-state index contributed by atoms with van der Waals surface area (Å²) in [6.45, 7) is 5.72. The van der Waals surface area contributed by atoms with Crippen molar-refractivity contribution in [2.75, 3.05) is 0 Å². The van der Waals surface area contributed by atoms with Gasteiger partial charge in [0.1, 0.15) is 0 Å². The first kappa shape index (κ1) is 15.0. The maximum atomic E-state index is 12.2. The van der Waals surface area contributed by atoms with Crippen LogP contribution in [0.25, 0.3) is 0 Å². The van der Waals surface area contributed by atoms with Crippen LogP contribution in [0.15, 0.2) is 0 Å². The highest BCUT2D eigenvalue weighted by Crippen LogP contribution is 2.26. The van der Waals surface area contributed by atoms with E-state index in [0.717, 1.165) is 25.7 Å². The standard InChI is InChI=1S/C14H25NO3/c1-10(2)14(3,9-12(16)17)15-13(18)11-7-5-4-6-8-11/h10-11H,4-9H2,1-3H3,(H,15,18)(H,16,17). The molecule has 1 aliphatic rings. The van der Waals surface area contributed by atoms with Crippen molar-refractivity contribution in [3.8, 4) is 0 Å². The zero-order chi connectivity index (χ0) is 13.8. The lowest BCUT2D eigenvalue weighted by atomic mass is 9.83. The molecule has 0 saturated heterocycles. The highest BCUT2D eigenvalue weighted by Gasteiger charge is 2.34. The molecule has 0 radical (unpaired) electrons. The molecule has 1 amide bonds. The van der Waals surface area contributed by atoms with E-state index in [-0.39, 0.29) is 24.2 Å². The first-order chi connectivity index (χ1) is 8.35.